The molecule has 0 aromatic carbocycles. The SMILES string of the molecule is CCC(=O)CN1CCC(CC2CC[N+](C)(CC(=O)CC)CC2)CC1. The van der Waals surface area contributed by atoms with E-state index in [4.69, 9.17) is 0 Å². The molecule has 2 saturated heterocycles. The molecule has 138 valence electrons. The Bertz CT molecular complexity index is 419. The summed E-state index contributed by atoms with van der Waals surface area (Å²) in [5.41, 5.74) is 0. The van der Waals surface area contributed by atoms with Gasteiger partial charge in [-0.25, -0.2) is 0 Å². The van der Waals surface area contributed by atoms with E-state index in [-0.39, 0.29) is 0 Å². The minimum absolute atomic E-state index is 0.374. The highest BCUT2D eigenvalue weighted by Crippen LogP contribution is 2.31. The van der Waals surface area contributed by atoms with E-state index in [1.165, 1.54) is 45.2 Å². The summed E-state index contributed by atoms with van der Waals surface area (Å²) in [7, 11) is 2.26. The Morgan fingerprint density at radius 3 is 2.00 bits per heavy atom. The molecule has 24 heavy (non-hydrogen) atoms. The largest absolute Gasteiger partial charge is 0.320 e. The summed E-state index contributed by atoms with van der Waals surface area (Å²) in [5.74, 6) is 2.48. The molecule has 0 bridgehead atoms. The van der Waals surface area contributed by atoms with E-state index < -0.39 is 0 Å². The van der Waals surface area contributed by atoms with E-state index in [0.717, 1.165) is 36.0 Å². The van der Waals surface area contributed by atoms with Gasteiger partial charge < -0.3 is 4.48 Å². The summed E-state index contributed by atoms with van der Waals surface area (Å²) in [6.07, 6.45) is 7.78. The third kappa shape index (κ3) is 5.96. The fourth-order valence-corrected chi connectivity index (χ4v) is 4.39. The van der Waals surface area contributed by atoms with Crippen LogP contribution in [0.5, 0.6) is 0 Å². The minimum atomic E-state index is 0.374. The highest BCUT2D eigenvalue weighted by molar-refractivity contribution is 5.80. The lowest BCUT2D eigenvalue weighted by molar-refractivity contribution is -0.907. The van der Waals surface area contributed by atoms with Crippen molar-refractivity contribution in [2.45, 2.75) is 58.8 Å². The van der Waals surface area contributed by atoms with Crippen molar-refractivity contribution in [2.75, 3.05) is 46.3 Å². The van der Waals surface area contributed by atoms with Crippen LogP contribution in [0.15, 0.2) is 0 Å². The number of likely N-dealkylation sites (tertiary alicyclic amines) is 2. The van der Waals surface area contributed by atoms with Gasteiger partial charge in [-0.15, -0.1) is 0 Å². The lowest BCUT2D eigenvalue weighted by Gasteiger charge is -2.41. The van der Waals surface area contributed by atoms with Gasteiger partial charge in [0.05, 0.1) is 26.7 Å². The van der Waals surface area contributed by atoms with Crippen molar-refractivity contribution >= 4 is 11.6 Å². The summed E-state index contributed by atoms with van der Waals surface area (Å²) in [4.78, 5) is 25.7. The molecular weight excluding hydrogens is 300 g/mol. The van der Waals surface area contributed by atoms with Crippen LogP contribution >= 0.6 is 0 Å². The van der Waals surface area contributed by atoms with Crippen molar-refractivity contribution in [2.24, 2.45) is 11.8 Å². The Morgan fingerprint density at radius 2 is 1.46 bits per heavy atom. The number of ketones is 2. The van der Waals surface area contributed by atoms with Gasteiger partial charge in [-0.1, -0.05) is 13.8 Å². The lowest BCUT2D eigenvalue weighted by atomic mass is 9.82. The molecule has 0 aromatic heterocycles. The predicted molar refractivity (Wildman–Crippen MR) is 97.9 cm³/mol. The average molecular weight is 338 g/mol. The monoisotopic (exact) mass is 337 g/mol. The number of Topliss-reactive ketones (excluding diaryl/α,β-unsaturated/α-hetero) is 2. The molecule has 4 heteroatoms. The first-order valence-electron chi connectivity index (χ1n) is 10.0. The van der Waals surface area contributed by atoms with Gasteiger partial charge in [-0.2, -0.15) is 0 Å². The Labute approximate surface area is 148 Å². The maximum atomic E-state index is 11.8. The summed E-state index contributed by atoms with van der Waals surface area (Å²) in [5, 5.41) is 0. The summed E-state index contributed by atoms with van der Waals surface area (Å²) in [6.45, 7) is 9.85. The molecule has 2 aliphatic heterocycles. The zero-order valence-corrected chi connectivity index (χ0v) is 16.1. The number of quaternary nitrogens is 1. The maximum absolute atomic E-state index is 11.8. The first-order valence-corrected chi connectivity index (χ1v) is 10.0. The van der Waals surface area contributed by atoms with Gasteiger partial charge in [0.25, 0.3) is 0 Å². The Morgan fingerprint density at radius 1 is 0.917 bits per heavy atom. The third-order valence-corrected chi connectivity index (χ3v) is 6.27. The molecule has 0 unspecified atom stereocenters. The topological polar surface area (TPSA) is 37.4 Å². The second-order valence-electron chi connectivity index (χ2n) is 8.41. The second-order valence-corrected chi connectivity index (χ2v) is 8.41. The average Bonchev–Trinajstić information content (AvgIpc) is 2.58. The van der Waals surface area contributed by atoms with Gasteiger partial charge >= 0.3 is 0 Å². The van der Waals surface area contributed by atoms with Crippen molar-refractivity contribution < 1.29 is 14.1 Å². The van der Waals surface area contributed by atoms with E-state index in [1.54, 1.807) is 0 Å². The van der Waals surface area contributed by atoms with Crippen LogP contribution in [0.3, 0.4) is 0 Å². The summed E-state index contributed by atoms with van der Waals surface area (Å²) in [6, 6.07) is 0. The number of carbonyl (C=O) groups is 2. The molecule has 0 saturated carbocycles. The van der Waals surface area contributed by atoms with Crippen LogP contribution in [0.1, 0.15) is 58.8 Å². The minimum Gasteiger partial charge on any atom is -0.320 e. The van der Waals surface area contributed by atoms with Crippen molar-refractivity contribution in [3.05, 3.63) is 0 Å². The van der Waals surface area contributed by atoms with E-state index in [9.17, 15) is 9.59 Å². The molecule has 0 N–H and O–H groups in total. The molecular formula is C20H37N2O2+. The molecule has 0 amide bonds. The van der Waals surface area contributed by atoms with Gasteiger partial charge in [0, 0.05) is 12.8 Å². The highest BCUT2D eigenvalue weighted by atomic mass is 16.1. The van der Waals surface area contributed by atoms with Crippen LogP contribution < -0.4 is 0 Å². The molecule has 0 aromatic rings. The molecule has 2 aliphatic rings. The lowest BCUT2D eigenvalue weighted by Crippen LogP contribution is -2.52. The predicted octanol–water partition coefficient (Wildman–Crippen LogP) is 2.90. The maximum Gasteiger partial charge on any atom is 0.186 e. The molecule has 2 fully saturated rings. The first kappa shape index (κ1) is 19.6. The van der Waals surface area contributed by atoms with Gasteiger partial charge in [0.1, 0.15) is 12.3 Å². The fourth-order valence-electron chi connectivity index (χ4n) is 4.39. The fraction of sp³-hybridized carbons (Fsp3) is 0.900. The second kappa shape index (κ2) is 9.10. The normalized spacial score (nSPS) is 29.5. The molecule has 0 atom stereocenters. The Balaban J connectivity index is 1.68. The van der Waals surface area contributed by atoms with Crippen LogP contribution in [0.2, 0.25) is 0 Å². The molecule has 0 aliphatic carbocycles. The van der Waals surface area contributed by atoms with Crippen LogP contribution in [0, 0.1) is 11.8 Å². The highest BCUT2D eigenvalue weighted by Gasteiger charge is 2.33. The van der Waals surface area contributed by atoms with Crippen molar-refractivity contribution in [3.63, 3.8) is 0 Å². The van der Waals surface area contributed by atoms with E-state index >= 15 is 0 Å². The van der Waals surface area contributed by atoms with E-state index in [0.29, 0.717) is 31.0 Å². The quantitative estimate of drug-likeness (QED) is 0.639. The smallest absolute Gasteiger partial charge is 0.186 e. The van der Waals surface area contributed by atoms with Crippen LogP contribution in [0.4, 0.5) is 0 Å². The number of nitrogens with zero attached hydrogens (tertiary/aromatic N) is 2. The van der Waals surface area contributed by atoms with Gasteiger partial charge in [0.2, 0.25) is 0 Å². The van der Waals surface area contributed by atoms with Crippen LogP contribution in [-0.2, 0) is 9.59 Å². The number of carbonyl (C=O) groups excluding carboxylic acids is 2. The van der Waals surface area contributed by atoms with Gasteiger partial charge in [-0.05, 0) is 57.0 Å². The molecule has 0 spiro atoms. The van der Waals surface area contributed by atoms with E-state index in [1.807, 2.05) is 13.8 Å². The summed E-state index contributed by atoms with van der Waals surface area (Å²) < 4.78 is 0.959. The molecule has 4 nitrogen and oxygen atoms in total. The van der Waals surface area contributed by atoms with Gasteiger partial charge in [0.15, 0.2) is 5.78 Å². The van der Waals surface area contributed by atoms with Crippen molar-refractivity contribution in [1.82, 2.24) is 4.90 Å². The number of hydrogen-bond donors (Lipinski definition) is 0. The number of piperidine rings is 2. The van der Waals surface area contributed by atoms with Crippen LogP contribution in [0.25, 0.3) is 0 Å². The Kier molecular flexibility index (Phi) is 7.42. The standard InChI is InChI=1S/C20H37N2O2/c1-4-19(23)15-21-10-6-17(7-11-21)14-18-8-12-22(3,13-9-18)16-20(24)5-2/h17-18H,4-16H2,1-3H3/q+1. The molecule has 2 rings (SSSR count). The van der Waals surface area contributed by atoms with Crippen LogP contribution in [-0.4, -0.2) is 67.3 Å². The number of likely N-dealkylation sites (N-methyl/N-ethyl adjacent to an activating group) is 1. The molecule has 2 heterocycles. The number of rotatable bonds is 8. The zero-order chi connectivity index (χ0) is 17.6. The molecule has 0 radical (unpaired) electrons. The Hall–Kier alpha value is -0.740. The number of hydrogen-bond acceptors (Lipinski definition) is 3. The summed E-state index contributed by atoms with van der Waals surface area (Å²) >= 11 is 0. The van der Waals surface area contributed by atoms with Gasteiger partial charge in [-0.3, -0.25) is 14.5 Å². The van der Waals surface area contributed by atoms with Crippen molar-refractivity contribution in [1.29, 1.82) is 0 Å². The van der Waals surface area contributed by atoms with E-state index in [2.05, 4.69) is 11.9 Å². The third-order valence-electron chi connectivity index (χ3n) is 6.27. The zero-order valence-electron chi connectivity index (χ0n) is 16.1. The van der Waals surface area contributed by atoms with Crippen molar-refractivity contribution in [3.8, 4) is 0 Å². The first-order chi connectivity index (χ1) is 11.4.